The first-order valence-corrected chi connectivity index (χ1v) is 6.75. The SMILES string of the molecule is CN(C)[C@H]1CCCN(C(=O)[C@@H]2CCCO2)CC1. The minimum absolute atomic E-state index is 0.147. The lowest BCUT2D eigenvalue weighted by molar-refractivity contribution is -0.140. The van der Waals surface area contributed by atoms with Gasteiger partial charge in [0.2, 0.25) is 0 Å². The molecule has 0 radical (unpaired) electrons. The number of likely N-dealkylation sites (tertiary alicyclic amines) is 1. The molecular weight excluding hydrogens is 216 g/mol. The first kappa shape index (κ1) is 12.8. The average molecular weight is 240 g/mol. The summed E-state index contributed by atoms with van der Waals surface area (Å²) < 4.78 is 5.48. The normalized spacial score (nSPS) is 30.6. The molecule has 2 saturated heterocycles. The van der Waals surface area contributed by atoms with Gasteiger partial charge in [-0.15, -0.1) is 0 Å². The Morgan fingerprint density at radius 2 is 2.00 bits per heavy atom. The number of nitrogens with zero attached hydrogens (tertiary/aromatic N) is 2. The molecule has 0 aromatic heterocycles. The van der Waals surface area contributed by atoms with E-state index in [2.05, 4.69) is 19.0 Å². The topological polar surface area (TPSA) is 32.8 Å². The Kier molecular flexibility index (Phi) is 4.40. The van der Waals surface area contributed by atoms with Crippen molar-refractivity contribution in [1.82, 2.24) is 9.80 Å². The van der Waals surface area contributed by atoms with E-state index in [4.69, 9.17) is 4.74 Å². The molecule has 98 valence electrons. The fraction of sp³-hybridized carbons (Fsp3) is 0.923. The van der Waals surface area contributed by atoms with Crippen LogP contribution in [0.3, 0.4) is 0 Å². The van der Waals surface area contributed by atoms with Crippen LogP contribution >= 0.6 is 0 Å². The summed E-state index contributed by atoms with van der Waals surface area (Å²) in [6, 6.07) is 0.622. The van der Waals surface area contributed by atoms with Gasteiger partial charge in [0, 0.05) is 25.7 Å². The highest BCUT2D eigenvalue weighted by molar-refractivity contribution is 5.81. The van der Waals surface area contributed by atoms with Crippen LogP contribution in [-0.4, -0.2) is 61.6 Å². The number of carbonyl (C=O) groups excluding carboxylic acids is 1. The first-order chi connectivity index (χ1) is 8.18. The second kappa shape index (κ2) is 5.83. The fourth-order valence-corrected chi connectivity index (χ4v) is 2.79. The average Bonchev–Trinajstić information content (AvgIpc) is 2.71. The predicted octanol–water partition coefficient (Wildman–Crippen LogP) is 1.11. The van der Waals surface area contributed by atoms with Crippen molar-refractivity contribution in [2.45, 2.75) is 44.2 Å². The Labute approximate surface area is 104 Å². The van der Waals surface area contributed by atoms with Crippen LogP contribution in [0.2, 0.25) is 0 Å². The van der Waals surface area contributed by atoms with E-state index >= 15 is 0 Å². The standard InChI is InChI=1S/C13H24N2O2/c1-14(2)11-5-3-8-15(9-7-11)13(16)12-6-4-10-17-12/h11-12H,3-10H2,1-2H3/t11-,12-/m0/s1. The highest BCUT2D eigenvalue weighted by Gasteiger charge is 2.29. The van der Waals surface area contributed by atoms with Gasteiger partial charge in [-0.05, 0) is 46.2 Å². The largest absolute Gasteiger partial charge is 0.368 e. The third-order valence-electron chi connectivity index (χ3n) is 3.94. The molecule has 0 aliphatic carbocycles. The van der Waals surface area contributed by atoms with Crippen LogP contribution < -0.4 is 0 Å². The van der Waals surface area contributed by atoms with Gasteiger partial charge in [-0.25, -0.2) is 0 Å². The Bertz CT molecular complexity index is 262. The lowest BCUT2D eigenvalue weighted by Crippen LogP contribution is -2.40. The molecule has 2 atom stereocenters. The van der Waals surface area contributed by atoms with Crippen molar-refractivity contribution in [2.75, 3.05) is 33.8 Å². The second-order valence-electron chi connectivity index (χ2n) is 5.38. The van der Waals surface area contributed by atoms with Gasteiger partial charge in [0.25, 0.3) is 5.91 Å². The van der Waals surface area contributed by atoms with Gasteiger partial charge in [0.05, 0.1) is 0 Å². The highest BCUT2D eigenvalue weighted by atomic mass is 16.5. The van der Waals surface area contributed by atoms with Gasteiger partial charge < -0.3 is 14.5 Å². The van der Waals surface area contributed by atoms with Crippen molar-refractivity contribution in [3.8, 4) is 0 Å². The lowest BCUT2D eigenvalue weighted by Gasteiger charge is -2.25. The number of ether oxygens (including phenoxy) is 1. The van der Waals surface area contributed by atoms with Gasteiger partial charge in [-0.3, -0.25) is 4.79 Å². The van der Waals surface area contributed by atoms with Crippen LogP contribution in [0.15, 0.2) is 0 Å². The van der Waals surface area contributed by atoms with E-state index in [9.17, 15) is 4.79 Å². The monoisotopic (exact) mass is 240 g/mol. The van der Waals surface area contributed by atoms with Crippen molar-refractivity contribution < 1.29 is 9.53 Å². The van der Waals surface area contributed by atoms with E-state index in [1.165, 1.54) is 6.42 Å². The molecule has 0 spiro atoms. The van der Waals surface area contributed by atoms with Gasteiger partial charge in [0.15, 0.2) is 0 Å². The van der Waals surface area contributed by atoms with Crippen molar-refractivity contribution in [3.63, 3.8) is 0 Å². The number of amides is 1. The molecule has 2 heterocycles. The maximum atomic E-state index is 12.2. The zero-order valence-corrected chi connectivity index (χ0v) is 11.0. The van der Waals surface area contributed by atoms with Crippen LogP contribution in [0.1, 0.15) is 32.1 Å². The van der Waals surface area contributed by atoms with Crippen LogP contribution in [-0.2, 0) is 9.53 Å². The Balaban J connectivity index is 1.87. The van der Waals surface area contributed by atoms with E-state index in [1.807, 2.05) is 4.90 Å². The molecular formula is C13H24N2O2. The predicted molar refractivity (Wildman–Crippen MR) is 66.9 cm³/mol. The summed E-state index contributed by atoms with van der Waals surface area (Å²) in [7, 11) is 4.25. The van der Waals surface area contributed by atoms with E-state index < -0.39 is 0 Å². The summed E-state index contributed by atoms with van der Waals surface area (Å²) in [5.41, 5.74) is 0. The summed E-state index contributed by atoms with van der Waals surface area (Å²) >= 11 is 0. The third kappa shape index (κ3) is 3.19. The minimum atomic E-state index is -0.147. The Morgan fingerprint density at radius 1 is 1.18 bits per heavy atom. The maximum Gasteiger partial charge on any atom is 0.251 e. The summed E-state index contributed by atoms with van der Waals surface area (Å²) in [6.45, 7) is 2.55. The molecule has 2 aliphatic heterocycles. The smallest absolute Gasteiger partial charge is 0.251 e. The highest BCUT2D eigenvalue weighted by Crippen LogP contribution is 2.19. The van der Waals surface area contributed by atoms with Gasteiger partial charge in [-0.1, -0.05) is 0 Å². The van der Waals surface area contributed by atoms with E-state index in [1.54, 1.807) is 0 Å². The van der Waals surface area contributed by atoms with Crippen LogP contribution in [0.4, 0.5) is 0 Å². The van der Waals surface area contributed by atoms with Gasteiger partial charge >= 0.3 is 0 Å². The summed E-state index contributed by atoms with van der Waals surface area (Å²) in [5, 5.41) is 0. The molecule has 0 unspecified atom stereocenters. The number of hydrogen-bond donors (Lipinski definition) is 0. The lowest BCUT2D eigenvalue weighted by atomic mass is 10.1. The quantitative estimate of drug-likeness (QED) is 0.725. The molecule has 0 saturated carbocycles. The van der Waals surface area contributed by atoms with Crippen molar-refractivity contribution in [2.24, 2.45) is 0 Å². The first-order valence-electron chi connectivity index (χ1n) is 6.75. The number of hydrogen-bond acceptors (Lipinski definition) is 3. The second-order valence-corrected chi connectivity index (χ2v) is 5.38. The zero-order valence-electron chi connectivity index (χ0n) is 11.0. The van der Waals surface area contributed by atoms with Crippen LogP contribution in [0.25, 0.3) is 0 Å². The molecule has 0 aromatic rings. The third-order valence-corrected chi connectivity index (χ3v) is 3.94. The molecule has 2 aliphatic rings. The van der Waals surface area contributed by atoms with Gasteiger partial charge in [0.1, 0.15) is 6.10 Å². The van der Waals surface area contributed by atoms with E-state index in [-0.39, 0.29) is 12.0 Å². The van der Waals surface area contributed by atoms with E-state index in [0.29, 0.717) is 6.04 Å². The molecule has 2 rings (SSSR count). The summed E-state index contributed by atoms with van der Waals surface area (Å²) in [6.07, 6.45) is 5.19. The molecule has 0 N–H and O–H groups in total. The van der Waals surface area contributed by atoms with E-state index in [0.717, 1.165) is 45.4 Å². The molecule has 0 bridgehead atoms. The molecule has 1 amide bonds. The van der Waals surface area contributed by atoms with Crippen molar-refractivity contribution in [1.29, 1.82) is 0 Å². The summed E-state index contributed by atoms with van der Waals surface area (Å²) in [5.74, 6) is 0.224. The fourth-order valence-electron chi connectivity index (χ4n) is 2.79. The van der Waals surface area contributed by atoms with Crippen molar-refractivity contribution in [3.05, 3.63) is 0 Å². The number of rotatable bonds is 2. The minimum Gasteiger partial charge on any atom is -0.368 e. The summed E-state index contributed by atoms with van der Waals surface area (Å²) in [4.78, 5) is 16.5. The number of carbonyl (C=O) groups is 1. The molecule has 0 aromatic carbocycles. The molecule has 4 heteroatoms. The maximum absolute atomic E-state index is 12.2. The van der Waals surface area contributed by atoms with Crippen LogP contribution in [0, 0.1) is 0 Å². The Hall–Kier alpha value is -0.610. The van der Waals surface area contributed by atoms with Gasteiger partial charge in [-0.2, -0.15) is 0 Å². The van der Waals surface area contributed by atoms with Crippen molar-refractivity contribution >= 4 is 5.91 Å². The molecule has 4 nitrogen and oxygen atoms in total. The Morgan fingerprint density at radius 3 is 2.65 bits per heavy atom. The molecule has 17 heavy (non-hydrogen) atoms. The molecule has 2 fully saturated rings. The van der Waals surface area contributed by atoms with Crippen LogP contribution in [0.5, 0.6) is 0 Å². The zero-order chi connectivity index (χ0) is 12.3.